The first-order chi connectivity index (χ1) is 12.4. The van der Waals surface area contributed by atoms with E-state index in [0.717, 1.165) is 19.3 Å². The molecule has 154 valence electrons. The largest absolute Gasteiger partial charge is 1.00 e. The van der Waals surface area contributed by atoms with Gasteiger partial charge in [-0.15, -0.1) is 0 Å². The van der Waals surface area contributed by atoms with Gasteiger partial charge < -0.3 is 14.8 Å². The van der Waals surface area contributed by atoms with Gasteiger partial charge in [0.15, 0.2) is 0 Å². The topological polar surface area (TPSA) is 60.4 Å². The summed E-state index contributed by atoms with van der Waals surface area (Å²) in [6.07, 6.45) is 15.2. The van der Waals surface area contributed by atoms with Gasteiger partial charge >= 0.3 is 29.6 Å². The molecular weight excluding hydrogens is 349 g/mol. The van der Waals surface area contributed by atoms with Gasteiger partial charge in [-0.25, -0.2) is 0 Å². The summed E-state index contributed by atoms with van der Waals surface area (Å²) in [7, 11) is 0. The molecule has 0 aromatic rings. The van der Waals surface area contributed by atoms with Crippen LogP contribution < -0.4 is 34.7 Å². The molecule has 0 aromatic carbocycles. The molecule has 0 N–H and O–H groups in total. The van der Waals surface area contributed by atoms with Crippen LogP contribution in [-0.4, -0.2) is 29.9 Å². The van der Waals surface area contributed by atoms with E-state index in [0.29, 0.717) is 19.5 Å². The maximum atomic E-state index is 12.5. The SMILES string of the molecule is CCCCCCCCCCCCCCC(C)(C(=O)[O-])C(=O)N(CC)CC.[Na+]. The summed E-state index contributed by atoms with van der Waals surface area (Å²) < 4.78 is 0. The van der Waals surface area contributed by atoms with E-state index < -0.39 is 11.4 Å². The fraction of sp³-hybridized carbons (Fsp3) is 0.909. The average molecular weight is 392 g/mol. The Labute approximate surface area is 190 Å². The molecule has 0 aliphatic carbocycles. The molecule has 1 atom stereocenters. The summed E-state index contributed by atoms with van der Waals surface area (Å²) >= 11 is 0. The van der Waals surface area contributed by atoms with E-state index in [4.69, 9.17) is 0 Å². The van der Waals surface area contributed by atoms with Crippen LogP contribution in [0.25, 0.3) is 0 Å². The van der Waals surface area contributed by atoms with E-state index in [1.165, 1.54) is 64.7 Å². The van der Waals surface area contributed by atoms with Crippen LogP contribution in [-0.2, 0) is 9.59 Å². The molecule has 0 bridgehead atoms. The fourth-order valence-electron chi connectivity index (χ4n) is 3.48. The summed E-state index contributed by atoms with van der Waals surface area (Å²) in [6.45, 7) is 8.60. The van der Waals surface area contributed by atoms with Crippen molar-refractivity contribution in [1.82, 2.24) is 4.90 Å². The Morgan fingerprint density at radius 1 is 0.741 bits per heavy atom. The number of carboxylic acids is 1. The maximum Gasteiger partial charge on any atom is 1.00 e. The molecular formula is C22H42NNaO3. The van der Waals surface area contributed by atoms with Gasteiger partial charge in [0.2, 0.25) is 5.91 Å². The molecule has 0 aliphatic heterocycles. The molecule has 5 heteroatoms. The first-order valence-corrected chi connectivity index (χ1v) is 10.9. The van der Waals surface area contributed by atoms with Crippen LogP contribution in [0.4, 0.5) is 0 Å². The number of nitrogens with zero attached hydrogens (tertiary/aromatic N) is 1. The molecule has 0 fully saturated rings. The van der Waals surface area contributed by atoms with Gasteiger partial charge in [0.25, 0.3) is 0 Å². The van der Waals surface area contributed by atoms with Crippen molar-refractivity contribution in [1.29, 1.82) is 0 Å². The van der Waals surface area contributed by atoms with Crippen LogP contribution in [0.2, 0.25) is 0 Å². The van der Waals surface area contributed by atoms with Crippen molar-refractivity contribution in [2.75, 3.05) is 13.1 Å². The van der Waals surface area contributed by atoms with E-state index in [1.807, 2.05) is 13.8 Å². The van der Waals surface area contributed by atoms with E-state index in [2.05, 4.69) is 6.92 Å². The first-order valence-electron chi connectivity index (χ1n) is 10.9. The average Bonchev–Trinajstić information content (AvgIpc) is 2.63. The van der Waals surface area contributed by atoms with Gasteiger partial charge in [0.05, 0.1) is 11.4 Å². The standard InChI is InChI=1S/C22H43NO3.Na/c1-5-8-9-10-11-12-13-14-15-16-17-18-19-22(4,21(25)26)20(24)23(6-2)7-3;/h5-19H2,1-4H3,(H,25,26);/q;+1/p-1. The smallest absolute Gasteiger partial charge is 0.549 e. The number of carbonyl (C=O) groups is 2. The van der Waals surface area contributed by atoms with E-state index in [1.54, 1.807) is 4.90 Å². The third kappa shape index (κ3) is 12.2. The van der Waals surface area contributed by atoms with E-state index in [-0.39, 0.29) is 35.5 Å². The Bertz CT molecular complexity index is 386. The Balaban J connectivity index is 0. The molecule has 0 aliphatic rings. The molecule has 1 unspecified atom stereocenters. The minimum absolute atomic E-state index is 0. The summed E-state index contributed by atoms with van der Waals surface area (Å²) in [5.74, 6) is -1.54. The molecule has 4 nitrogen and oxygen atoms in total. The van der Waals surface area contributed by atoms with Crippen molar-refractivity contribution in [3.63, 3.8) is 0 Å². The molecule has 0 spiro atoms. The summed E-state index contributed by atoms with van der Waals surface area (Å²) in [5.41, 5.74) is -1.38. The second kappa shape index (κ2) is 18.0. The summed E-state index contributed by atoms with van der Waals surface area (Å²) in [6, 6.07) is 0. The number of amides is 1. The van der Waals surface area contributed by atoms with Gasteiger partial charge in [-0.1, -0.05) is 84.0 Å². The van der Waals surface area contributed by atoms with Crippen LogP contribution in [0.3, 0.4) is 0 Å². The van der Waals surface area contributed by atoms with E-state index >= 15 is 0 Å². The van der Waals surface area contributed by atoms with Crippen LogP contribution in [0, 0.1) is 5.41 Å². The van der Waals surface area contributed by atoms with Gasteiger partial charge in [0, 0.05) is 13.1 Å². The number of rotatable bonds is 17. The van der Waals surface area contributed by atoms with E-state index in [9.17, 15) is 14.7 Å². The third-order valence-corrected chi connectivity index (χ3v) is 5.50. The van der Waals surface area contributed by atoms with Crippen molar-refractivity contribution in [3.05, 3.63) is 0 Å². The fourth-order valence-corrected chi connectivity index (χ4v) is 3.48. The Kier molecular flexibility index (Phi) is 19.4. The quantitative estimate of drug-likeness (QED) is 0.215. The van der Waals surface area contributed by atoms with Gasteiger partial charge in [0.1, 0.15) is 0 Å². The van der Waals surface area contributed by atoms with Crippen molar-refractivity contribution >= 4 is 11.9 Å². The number of hydrogen-bond acceptors (Lipinski definition) is 3. The number of unbranched alkanes of at least 4 members (excludes halogenated alkanes) is 11. The zero-order valence-corrected chi connectivity index (χ0v) is 20.8. The van der Waals surface area contributed by atoms with Crippen molar-refractivity contribution < 1.29 is 44.3 Å². The number of hydrogen-bond donors (Lipinski definition) is 0. The van der Waals surface area contributed by atoms with Gasteiger partial charge in [-0.3, -0.25) is 4.79 Å². The minimum atomic E-state index is -1.38. The normalized spacial score (nSPS) is 12.9. The van der Waals surface area contributed by atoms with Crippen molar-refractivity contribution in [3.8, 4) is 0 Å². The number of carboxylic acid groups (broad SMARTS) is 1. The monoisotopic (exact) mass is 391 g/mol. The van der Waals surface area contributed by atoms with Gasteiger partial charge in [-0.2, -0.15) is 0 Å². The molecule has 0 rings (SSSR count). The summed E-state index contributed by atoms with van der Waals surface area (Å²) in [5, 5.41) is 11.6. The predicted octanol–water partition coefficient (Wildman–Crippen LogP) is 1.71. The number of carbonyl (C=O) groups excluding carboxylic acids is 2. The summed E-state index contributed by atoms with van der Waals surface area (Å²) in [4.78, 5) is 25.7. The zero-order chi connectivity index (χ0) is 19.8. The van der Waals surface area contributed by atoms with Crippen molar-refractivity contribution in [2.24, 2.45) is 5.41 Å². The van der Waals surface area contributed by atoms with Crippen LogP contribution in [0.5, 0.6) is 0 Å². The second-order valence-electron chi connectivity index (χ2n) is 7.74. The first kappa shape index (κ1) is 29.1. The minimum Gasteiger partial charge on any atom is -0.549 e. The molecule has 0 heterocycles. The van der Waals surface area contributed by atoms with Gasteiger partial charge in [-0.05, 0) is 27.2 Å². The predicted molar refractivity (Wildman–Crippen MR) is 107 cm³/mol. The molecule has 0 aromatic heterocycles. The van der Waals surface area contributed by atoms with Crippen LogP contribution >= 0.6 is 0 Å². The number of aliphatic carboxylic acids is 1. The van der Waals surface area contributed by atoms with Crippen LogP contribution in [0.15, 0.2) is 0 Å². The van der Waals surface area contributed by atoms with Crippen LogP contribution in [0.1, 0.15) is 111 Å². The second-order valence-corrected chi connectivity index (χ2v) is 7.74. The Morgan fingerprint density at radius 2 is 1.11 bits per heavy atom. The Hall–Kier alpha value is -0.0600. The molecule has 1 amide bonds. The molecule has 0 saturated carbocycles. The molecule has 0 radical (unpaired) electrons. The molecule has 0 saturated heterocycles. The maximum absolute atomic E-state index is 12.5. The molecule has 27 heavy (non-hydrogen) atoms. The third-order valence-electron chi connectivity index (χ3n) is 5.50. The zero-order valence-electron chi connectivity index (χ0n) is 18.8. The van der Waals surface area contributed by atoms with Crippen molar-refractivity contribution in [2.45, 2.75) is 111 Å². The Morgan fingerprint density at radius 3 is 1.44 bits per heavy atom.